The summed E-state index contributed by atoms with van der Waals surface area (Å²) in [5.41, 5.74) is 0.820. The van der Waals surface area contributed by atoms with Crippen LogP contribution in [0.3, 0.4) is 0 Å². The number of amides is 1. The van der Waals surface area contributed by atoms with E-state index >= 15 is 0 Å². The monoisotopic (exact) mass is 303 g/mol. The lowest BCUT2D eigenvalue weighted by molar-refractivity contribution is 0.0169. The van der Waals surface area contributed by atoms with Crippen molar-refractivity contribution in [3.8, 4) is 5.69 Å². The molecule has 6 nitrogen and oxygen atoms in total. The molecule has 1 unspecified atom stereocenters. The summed E-state index contributed by atoms with van der Waals surface area (Å²) < 4.78 is 14.9. The summed E-state index contributed by atoms with van der Waals surface area (Å²) in [6.45, 7) is 1.69. The highest BCUT2D eigenvalue weighted by Crippen LogP contribution is 2.31. The second-order valence-electron chi connectivity index (χ2n) is 5.08. The van der Waals surface area contributed by atoms with Gasteiger partial charge >= 0.3 is 0 Å². The van der Waals surface area contributed by atoms with Gasteiger partial charge in [-0.2, -0.15) is 0 Å². The number of hydrogen-bond donors (Lipinski definition) is 1. The van der Waals surface area contributed by atoms with E-state index in [0.29, 0.717) is 5.69 Å². The van der Waals surface area contributed by atoms with E-state index in [9.17, 15) is 19.1 Å². The number of rotatable bonds is 2. The number of carbonyl (C=O) groups excluding carboxylic acids is 2. The lowest BCUT2D eigenvalue weighted by atomic mass is 10.1. The molecule has 0 aliphatic carbocycles. The smallest absolute Gasteiger partial charge is 0.258 e. The van der Waals surface area contributed by atoms with Crippen molar-refractivity contribution in [2.75, 3.05) is 7.05 Å². The van der Waals surface area contributed by atoms with Gasteiger partial charge in [0.05, 0.1) is 11.3 Å². The van der Waals surface area contributed by atoms with E-state index in [1.165, 1.54) is 30.1 Å². The van der Waals surface area contributed by atoms with Crippen LogP contribution in [0.2, 0.25) is 0 Å². The van der Waals surface area contributed by atoms with Crippen molar-refractivity contribution in [3.05, 3.63) is 47.3 Å². The first kappa shape index (κ1) is 14.4. The number of Topliss-reactive ketones (excluding diaryl/α,β-unsaturated/α-hetero) is 1. The van der Waals surface area contributed by atoms with Gasteiger partial charge in [0.2, 0.25) is 0 Å². The number of carbonyl (C=O) groups is 2. The standard InChI is InChI=1S/C15H14FN3O3/c1-3-11(20)12-13-15(22)18(2)14(21)9-6-8(16)4-5-10(9)19(13)7-17-12/h4-7,15,22H,3H2,1-2H3. The molecule has 1 aromatic heterocycles. The van der Waals surface area contributed by atoms with Gasteiger partial charge < -0.3 is 10.0 Å². The Kier molecular flexibility index (Phi) is 3.29. The maximum Gasteiger partial charge on any atom is 0.258 e. The lowest BCUT2D eigenvalue weighted by Gasteiger charge is -2.21. The predicted octanol–water partition coefficient (Wildman–Crippen LogP) is 1.68. The number of nitrogens with zero attached hydrogens (tertiary/aromatic N) is 3. The highest BCUT2D eigenvalue weighted by Gasteiger charge is 2.34. The Morgan fingerprint density at radius 3 is 2.86 bits per heavy atom. The van der Waals surface area contributed by atoms with Crippen LogP contribution in [-0.4, -0.2) is 38.3 Å². The molecule has 114 valence electrons. The Hall–Kier alpha value is -2.54. The molecule has 7 heteroatoms. The molecule has 22 heavy (non-hydrogen) atoms. The van der Waals surface area contributed by atoms with Crippen LogP contribution in [0.1, 0.15) is 46.1 Å². The molecular formula is C15H14FN3O3. The summed E-state index contributed by atoms with van der Waals surface area (Å²) in [5.74, 6) is -1.32. The molecule has 1 amide bonds. The molecule has 0 spiro atoms. The Bertz CT molecular complexity index is 784. The Balaban J connectivity index is 2.32. The van der Waals surface area contributed by atoms with E-state index in [-0.39, 0.29) is 29.2 Å². The Morgan fingerprint density at radius 1 is 1.45 bits per heavy atom. The first-order chi connectivity index (χ1) is 10.5. The fourth-order valence-corrected chi connectivity index (χ4v) is 2.55. The van der Waals surface area contributed by atoms with Crippen LogP contribution >= 0.6 is 0 Å². The van der Waals surface area contributed by atoms with Crippen molar-refractivity contribution in [2.45, 2.75) is 19.6 Å². The molecular weight excluding hydrogens is 289 g/mol. The van der Waals surface area contributed by atoms with Crippen molar-refractivity contribution < 1.29 is 19.1 Å². The second-order valence-corrected chi connectivity index (χ2v) is 5.08. The van der Waals surface area contributed by atoms with Crippen LogP contribution in [0.15, 0.2) is 24.5 Å². The van der Waals surface area contributed by atoms with E-state index in [1.807, 2.05) is 0 Å². The van der Waals surface area contributed by atoms with Crippen molar-refractivity contribution in [1.29, 1.82) is 0 Å². The second kappa shape index (κ2) is 5.03. The zero-order valence-corrected chi connectivity index (χ0v) is 12.1. The summed E-state index contributed by atoms with van der Waals surface area (Å²) in [7, 11) is 1.39. The molecule has 0 saturated carbocycles. The van der Waals surface area contributed by atoms with Gasteiger partial charge in [0.1, 0.15) is 23.5 Å². The minimum atomic E-state index is -1.34. The highest BCUT2D eigenvalue weighted by molar-refractivity contribution is 6.00. The third kappa shape index (κ3) is 1.93. The number of benzene rings is 1. The van der Waals surface area contributed by atoms with E-state index in [4.69, 9.17) is 0 Å². The topological polar surface area (TPSA) is 75.4 Å². The van der Waals surface area contributed by atoms with Gasteiger partial charge in [-0.3, -0.25) is 14.2 Å². The first-order valence-corrected chi connectivity index (χ1v) is 6.81. The molecule has 0 bridgehead atoms. The minimum absolute atomic E-state index is 0.105. The van der Waals surface area contributed by atoms with Crippen LogP contribution in [0.4, 0.5) is 4.39 Å². The Labute approximate surface area is 125 Å². The van der Waals surface area contributed by atoms with Gasteiger partial charge in [-0.05, 0) is 18.2 Å². The molecule has 1 N–H and O–H groups in total. The molecule has 0 radical (unpaired) electrons. The first-order valence-electron chi connectivity index (χ1n) is 6.81. The van der Waals surface area contributed by atoms with Gasteiger partial charge in [-0.1, -0.05) is 6.92 Å². The van der Waals surface area contributed by atoms with Gasteiger partial charge in [-0.15, -0.1) is 0 Å². The molecule has 2 heterocycles. The summed E-state index contributed by atoms with van der Waals surface area (Å²) >= 11 is 0. The number of aliphatic hydroxyl groups is 1. The molecule has 1 aromatic carbocycles. The number of halogens is 1. The number of ketones is 1. The lowest BCUT2D eigenvalue weighted by Crippen LogP contribution is -2.31. The normalized spacial score (nSPS) is 17.0. The fraction of sp³-hybridized carbons (Fsp3) is 0.267. The zero-order valence-electron chi connectivity index (χ0n) is 12.1. The number of fused-ring (bicyclic) bond motifs is 3. The maximum absolute atomic E-state index is 13.5. The van der Waals surface area contributed by atoms with Gasteiger partial charge in [0, 0.05) is 13.5 Å². The quantitative estimate of drug-likeness (QED) is 0.857. The summed E-state index contributed by atoms with van der Waals surface area (Å²) in [5, 5.41) is 10.4. The van der Waals surface area contributed by atoms with Gasteiger partial charge in [-0.25, -0.2) is 9.37 Å². The molecule has 3 rings (SSSR count). The van der Waals surface area contributed by atoms with Gasteiger partial charge in [0.15, 0.2) is 12.0 Å². The summed E-state index contributed by atoms with van der Waals surface area (Å²) in [4.78, 5) is 29.5. The van der Waals surface area contributed by atoms with E-state index < -0.39 is 18.0 Å². The van der Waals surface area contributed by atoms with Crippen LogP contribution in [0, 0.1) is 5.82 Å². The van der Waals surface area contributed by atoms with E-state index in [1.54, 1.807) is 6.92 Å². The van der Waals surface area contributed by atoms with Crippen LogP contribution in [0.25, 0.3) is 5.69 Å². The van der Waals surface area contributed by atoms with E-state index in [2.05, 4.69) is 4.98 Å². The molecule has 1 atom stereocenters. The third-order valence-corrected chi connectivity index (χ3v) is 3.77. The van der Waals surface area contributed by atoms with Crippen molar-refractivity contribution in [2.24, 2.45) is 0 Å². The highest BCUT2D eigenvalue weighted by atomic mass is 19.1. The summed E-state index contributed by atoms with van der Waals surface area (Å²) in [6.07, 6.45) is 0.255. The average Bonchev–Trinajstić information content (AvgIpc) is 2.93. The number of hydrogen-bond acceptors (Lipinski definition) is 4. The predicted molar refractivity (Wildman–Crippen MR) is 75.2 cm³/mol. The molecule has 2 aromatic rings. The van der Waals surface area contributed by atoms with Crippen molar-refractivity contribution in [3.63, 3.8) is 0 Å². The van der Waals surface area contributed by atoms with Gasteiger partial charge in [0.25, 0.3) is 5.91 Å². The number of imidazole rings is 1. The largest absolute Gasteiger partial charge is 0.368 e. The fourth-order valence-electron chi connectivity index (χ4n) is 2.55. The van der Waals surface area contributed by atoms with Crippen molar-refractivity contribution in [1.82, 2.24) is 14.5 Å². The van der Waals surface area contributed by atoms with Crippen LogP contribution in [-0.2, 0) is 0 Å². The summed E-state index contributed by atoms with van der Waals surface area (Å²) in [6, 6.07) is 3.76. The van der Waals surface area contributed by atoms with Crippen molar-refractivity contribution >= 4 is 11.7 Å². The molecule has 1 aliphatic heterocycles. The van der Waals surface area contributed by atoms with Crippen LogP contribution in [0.5, 0.6) is 0 Å². The SMILES string of the molecule is CCC(=O)c1ncn2c1C(O)N(C)C(=O)c1cc(F)ccc1-2. The maximum atomic E-state index is 13.5. The molecule has 0 fully saturated rings. The van der Waals surface area contributed by atoms with E-state index in [0.717, 1.165) is 11.0 Å². The van der Waals surface area contributed by atoms with Crippen LogP contribution < -0.4 is 0 Å². The Morgan fingerprint density at radius 2 is 2.18 bits per heavy atom. The molecule has 1 aliphatic rings. The average molecular weight is 303 g/mol. The zero-order chi connectivity index (χ0) is 16.0. The minimum Gasteiger partial charge on any atom is -0.368 e. The number of aromatic nitrogens is 2. The molecule has 0 saturated heterocycles. The third-order valence-electron chi connectivity index (χ3n) is 3.77. The number of aliphatic hydroxyl groups excluding tert-OH is 1.